The first-order valence-corrected chi connectivity index (χ1v) is 7.04. The molecule has 0 radical (unpaired) electrons. The number of carbonyl (C=O) groups is 1. The van der Waals surface area contributed by atoms with E-state index in [9.17, 15) is 14.9 Å². The van der Waals surface area contributed by atoms with Crippen molar-refractivity contribution in [1.82, 2.24) is 15.1 Å². The molecule has 1 aromatic carbocycles. The number of amides is 1. The quantitative estimate of drug-likeness (QED) is 0.655. The van der Waals surface area contributed by atoms with Gasteiger partial charge in [-0.3, -0.25) is 19.6 Å². The fourth-order valence-corrected chi connectivity index (χ4v) is 2.26. The highest BCUT2D eigenvalue weighted by Gasteiger charge is 2.18. The predicted molar refractivity (Wildman–Crippen MR) is 81.2 cm³/mol. The average Bonchev–Trinajstić information content (AvgIpc) is 2.86. The van der Waals surface area contributed by atoms with Crippen LogP contribution in [-0.2, 0) is 11.3 Å². The van der Waals surface area contributed by atoms with Gasteiger partial charge in [0.2, 0.25) is 5.91 Å². The summed E-state index contributed by atoms with van der Waals surface area (Å²) < 4.78 is 1.29. The van der Waals surface area contributed by atoms with Crippen LogP contribution >= 0.6 is 0 Å². The van der Waals surface area contributed by atoms with Crippen LogP contribution in [0.25, 0.3) is 0 Å². The van der Waals surface area contributed by atoms with Crippen molar-refractivity contribution in [3.8, 4) is 0 Å². The van der Waals surface area contributed by atoms with Crippen LogP contribution in [0.3, 0.4) is 0 Å². The van der Waals surface area contributed by atoms with E-state index in [0.717, 1.165) is 12.0 Å². The van der Waals surface area contributed by atoms with E-state index in [-0.39, 0.29) is 24.2 Å². The van der Waals surface area contributed by atoms with E-state index in [1.165, 1.54) is 10.9 Å². The molecule has 0 aliphatic carbocycles. The Morgan fingerprint density at radius 2 is 2.09 bits per heavy atom. The Morgan fingerprint density at radius 1 is 1.41 bits per heavy atom. The molecule has 0 spiro atoms. The highest BCUT2D eigenvalue weighted by atomic mass is 16.6. The van der Waals surface area contributed by atoms with E-state index in [4.69, 9.17) is 0 Å². The Balaban J connectivity index is 2.03. The molecule has 7 nitrogen and oxygen atoms in total. The van der Waals surface area contributed by atoms with Crippen LogP contribution in [0.15, 0.2) is 36.5 Å². The fourth-order valence-electron chi connectivity index (χ4n) is 2.26. The SMILES string of the molecule is CCC(NC(=O)Cn1cc([N+](=O)[O-])c(C)n1)c1ccccc1. The molecule has 0 fully saturated rings. The lowest BCUT2D eigenvalue weighted by atomic mass is 10.0. The summed E-state index contributed by atoms with van der Waals surface area (Å²) in [5.74, 6) is -0.229. The van der Waals surface area contributed by atoms with Gasteiger partial charge in [-0.1, -0.05) is 37.3 Å². The smallest absolute Gasteiger partial charge is 0.309 e. The monoisotopic (exact) mass is 302 g/mol. The van der Waals surface area contributed by atoms with Gasteiger partial charge in [-0.05, 0) is 18.9 Å². The summed E-state index contributed by atoms with van der Waals surface area (Å²) in [4.78, 5) is 22.4. The minimum Gasteiger partial charge on any atom is -0.348 e. The first-order valence-electron chi connectivity index (χ1n) is 7.04. The zero-order valence-electron chi connectivity index (χ0n) is 12.5. The van der Waals surface area contributed by atoms with Crippen LogP contribution in [0, 0.1) is 17.0 Å². The first kappa shape index (κ1) is 15.7. The molecule has 0 aliphatic heterocycles. The molecule has 2 rings (SSSR count). The molecule has 1 unspecified atom stereocenters. The molecule has 116 valence electrons. The minimum absolute atomic E-state index is 0.0436. The summed E-state index contributed by atoms with van der Waals surface area (Å²) >= 11 is 0. The number of rotatable bonds is 6. The van der Waals surface area contributed by atoms with E-state index in [2.05, 4.69) is 10.4 Å². The number of hydrogen-bond donors (Lipinski definition) is 1. The molecular weight excluding hydrogens is 284 g/mol. The summed E-state index contributed by atoms with van der Waals surface area (Å²) in [5, 5.41) is 17.7. The van der Waals surface area contributed by atoms with Gasteiger partial charge in [-0.25, -0.2) is 0 Å². The van der Waals surface area contributed by atoms with E-state index in [1.54, 1.807) is 6.92 Å². The van der Waals surface area contributed by atoms with Gasteiger partial charge in [0.15, 0.2) is 0 Å². The lowest BCUT2D eigenvalue weighted by molar-refractivity contribution is -0.385. The van der Waals surface area contributed by atoms with Crippen LogP contribution in [-0.4, -0.2) is 20.6 Å². The molecule has 2 aromatic rings. The van der Waals surface area contributed by atoms with E-state index >= 15 is 0 Å². The molecule has 1 amide bonds. The lowest BCUT2D eigenvalue weighted by Crippen LogP contribution is -2.31. The Hall–Kier alpha value is -2.70. The van der Waals surface area contributed by atoms with Gasteiger partial charge in [0.25, 0.3) is 0 Å². The molecule has 7 heteroatoms. The topological polar surface area (TPSA) is 90.1 Å². The van der Waals surface area contributed by atoms with Crippen LogP contribution in [0.1, 0.15) is 30.6 Å². The highest BCUT2D eigenvalue weighted by Crippen LogP contribution is 2.17. The van der Waals surface area contributed by atoms with Crippen LogP contribution < -0.4 is 5.32 Å². The van der Waals surface area contributed by atoms with Gasteiger partial charge in [0.1, 0.15) is 18.4 Å². The second kappa shape index (κ2) is 6.84. The average molecular weight is 302 g/mol. The normalized spacial score (nSPS) is 11.9. The maximum atomic E-state index is 12.1. The fraction of sp³-hybridized carbons (Fsp3) is 0.333. The van der Waals surface area contributed by atoms with Gasteiger partial charge >= 0.3 is 5.69 Å². The Bertz CT molecular complexity index is 667. The summed E-state index contributed by atoms with van der Waals surface area (Å²) in [7, 11) is 0. The highest BCUT2D eigenvalue weighted by molar-refractivity contribution is 5.76. The van der Waals surface area contributed by atoms with Crippen molar-refractivity contribution in [3.05, 3.63) is 57.9 Å². The molecule has 1 aromatic heterocycles. The van der Waals surface area contributed by atoms with Crippen molar-refractivity contribution in [2.75, 3.05) is 0 Å². The number of hydrogen-bond acceptors (Lipinski definition) is 4. The van der Waals surface area contributed by atoms with Gasteiger partial charge in [-0.15, -0.1) is 0 Å². The van der Waals surface area contributed by atoms with Gasteiger partial charge in [0, 0.05) is 0 Å². The summed E-state index contributed by atoms with van der Waals surface area (Å²) in [6.07, 6.45) is 2.03. The predicted octanol–water partition coefficient (Wildman–Crippen LogP) is 2.37. The van der Waals surface area contributed by atoms with Crippen molar-refractivity contribution >= 4 is 11.6 Å². The maximum Gasteiger partial charge on any atom is 0.309 e. The van der Waals surface area contributed by atoms with E-state index in [1.807, 2.05) is 37.3 Å². The van der Waals surface area contributed by atoms with Crippen molar-refractivity contribution in [1.29, 1.82) is 0 Å². The molecule has 0 saturated carbocycles. The van der Waals surface area contributed by atoms with Crippen molar-refractivity contribution in [2.45, 2.75) is 32.9 Å². The van der Waals surface area contributed by atoms with Crippen LogP contribution in [0.2, 0.25) is 0 Å². The van der Waals surface area contributed by atoms with Gasteiger partial charge in [0.05, 0.1) is 11.0 Å². The molecular formula is C15H18N4O3. The Morgan fingerprint density at radius 3 is 2.64 bits per heavy atom. The molecule has 1 atom stereocenters. The van der Waals surface area contributed by atoms with E-state index in [0.29, 0.717) is 5.69 Å². The second-order valence-electron chi connectivity index (χ2n) is 4.99. The molecule has 0 aliphatic rings. The van der Waals surface area contributed by atoms with Gasteiger partial charge < -0.3 is 5.32 Å². The third kappa shape index (κ3) is 3.69. The van der Waals surface area contributed by atoms with E-state index < -0.39 is 4.92 Å². The van der Waals surface area contributed by atoms with Crippen molar-refractivity contribution in [2.24, 2.45) is 0 Å². The van der Waals surface area contributed by atoms with Crippen LogP contribution in [0.5, 0.6) is 0 Å². The number of benzene rings is 1. The zero-order valence-corrected chi connectivity index (χ0v) is 12.5. The van der Waals surface area contributed by atoms with Crippen LogP contribution in [0.4, 0.5) is 5.69 Å². The Kier molecular flexibility index (Phi) is 4.88. The first-order chi connectivity index (χ1) is 10.5. The third-order valence-electron chi connectivity index (χ3n) is 3.37. The summed E-state index contributed by atoms with van der Waals surface area (Å²) in [6, 6.07) is 9.59. The third-order valence-corrected chi connectivity index (χ3v) is 3.37. The van der Waals surface area contributed by atoms with Crippen molar-refractivity contribution < 1.29 is 9.72 Å². The van der Waals surface area contributed by atoms with Crippen molar-refractivity contribution in [3.63, 3.8) is 0 Å². The molecule has 1 heterocycles. The number of aryl methyl sites for hydroxylation is 1. The minimum atomic E-state index is -0.504. The van der Waals surface area contributed by atoms with Gasteiger partial charge in [-0.2, -0.15) is 5.10 Å². The number of nitrogens with zero attached hydrogens (tertiary/aromatic N) is 3. The molecule has 0 saturated heterocycles. The number of nitrogens with one attached hydrogen (secondary N) is 1. The lowest BCUT2D eigenvalue weighted by Gasteiger charge is -2.17. The molecule has 1 N–H and O–H groups in total. The standard InChI is InChI=1S/C15H18N4O3/c1-3-13(12-7-5-4-6-8-12)16-15(20)10-18-9-14(19(21)22)11(2)17-18/h4-9,13H,3,10H2,1-2H3,(H,16,20). The maximum absolute atomic E-state index is 12.1. The summed E-state index contributed by atoms with van der Waals surface area (Å²) in [5.41, 5.74) is 1.25. The summed E-state index contributed by atoms with van der Waals surface area (Å²) in [6.45, 7) is 3.49. The number of carbonyl (C=O) groups excluding carboxylic acids is 1. The number of aromatic nitrogens is 2. The largest absolute Gasteiger partial charge is 0.348 e. The second-order valence-corrected chi connectivity index (χ2v) is 4.99. The zero-order chi connectivity index (χ0) is 16.1. The molecule has 0 bridgehead atoms. The number of nitro groups is 1. The molecule has 22 heavy (non-hydrogen) atoms. The Labute approximate surface area is 128 Å².